The number of nitrogens with one attached hydrogen (secondary N) is 1. The minimum atomic E-state index is -0.0134. The molecule has 1 aliphatic heterocycles. The molecule has 2 heterocycles. The second kappa shape index (κ2) is 9.46. The van der Waals surface area contributed by atoms with Crippen molar-refractivity contribution in [3.8, 4) is 0 Å². The van der Waals surface area contributed by atoms with E-state index in [4.69, 9.17) is 4.74 Å². The lowest BCUT2D eigenvalue weighted by molar-refractivity contribution is -0.127. The summed E-state index contributed by atoms with van der Waals surface area (Å²) >= 11 is 0. The van der Waals surface area contributed by atoms with Gasteiger partial charge in [0.05, 0.1) is 12.6 Å². The van der Waals surface area contributed by atoms with Crippen LogP contribution < -0.4 is 5.32 Å². The lowest BCUT2D eigenvalue weighted by atomic mass is 10.1. The number of aromatic nitrogens is 1. The molecular weight excluding hydrogens is 318 g/mol. The lowest BCUT2D eigenvalue weighted by Crippen LogP contribution is -2.44. The molecule has 1 aromatic heterocycles. The summed E-state index contributed by atoms with van der Waals surface area (Å²) in [6.45, 7) is 2.40. The largest absolute Gasteiger partial charge is 0.376 e. The van der Waals surface area contributed by atoms with E-state index in [9.17, 15) is 4.79 Å². The maximum absolute atomic E-state index is 11.9. The number of ether oxygens (including phenoxy) is 1. The van der Waals surface area contributed by atoms with E-state index >= 15 is 0 Å². The summed E-state index contributed by atoms with van der Waals surface area (Å²) in [6.07, 6.45) is 5.66. The molecule has 1 aliphatic rings. The van der Waals surface area contributed by atoms with Crippen molar-refractivity contribution in [1.82, 2.24) is 19.7 Å². The third-order valence-corrected chi connectivity index (χ3v) is 4.44. The van der Waals surface area contributed by atoms with Crippen LogP contribution in [-0.2, 0) is 23.1 Å². The van der Waals surface area contributed by atoms with Crippen LogP contribution in [0.3, 0.4) is 0 Å². The van der Waals surface area contributed by atoms with Crippen LogP contribution in [0.2, 0.25) is 0 Å². The molecule has 140 valence electrons. The molecule has 1 atom stereocenters. The van der Waals surface area contributed by atoms with Crippen LogP contribution in [0.15, 0.2) is 23.3 Å². The maximum Gasteiger partial charge on any atom is 0.243 e. The number of nitrogens with zero attached hydrogens (tertiary/aromatic N) is 4. The molecule has 0 aromatic carbocycles. The Morgan fingerprint density at radius 3 is 2.80 bits per heavy atom. The van der Waals surface area contributed by atoms with Gasteiger partial charge in [0.2, 0.25) is 5.91 Å². The highest BCUT2D eigenvalue weighted by atomic mass is 16.5. The first kappa shape index (κ1) is 19.3. The van der Waals surface area contributed by atoms with Gasteiger partial charge in [-0.2, -0.15) is 0 Å². The Morgan fingerprint density at radius 2 is 2.20 bits per heavy atom. The fraction of sp³-hybridized carbons (Fsp3) is 0.667. The van der Waals surface area contributed by atoms with E-state index in [1.807, 2.05) is 31.3 Å². The molecule has 0 saturated carbocycles. The van der Waals surface area contributed by atoms with E-state index < -0.39 is 0 Å². The highest BCUT2D eigenvalue weighted by molar-refractivity contribution is 5.84. The average molecular weight is 349 g/mol. The van der Waals surface area contributed by atoms with Gasteiger partial charge in [-0.05, 0) is 31.4 Å². The number of carbonyl (C=O) groups excluding carboxylic acids is 1. The lowest BCUT2D eigenvalue weighted by Gasteiger charge is -2.27. The average Bonchev–Trinajstić information content (AvgIpc) is 3.00. The molecule has 1 amide bonds. The van der Waals surface area contributed by atoms with Gasteiger partial charge in [0.1, 0.15) is 6.54 Å². The van der Waals surface area contributed by atoms with Crippen molar-refractivity contribution in [2.75, 3.05) is 40.8 Å². The van der Waals surface area contributed by atoms with E-state index in [0.29, 0.717) is 6.54 Å². The standard InChI is InChI=1S/C18H31N5O2/c1-21(2)17(24)13-20-18(19-12-16-9-5-6-11-25-16)23(4)14-15-8-7-10-22(15)3/h7-8,10,16H,5-6,9,11-14H2,1-4H3,(H,19,20). The fourth-order valence-corrected chi connectivity index (χ4v) is 2.75. The molecule has 7 heteroatoms. The predicted molar refractivity (Wildman–Crippen MR) is 99.5 cm³/mol. The molecule has 1 unspecified atom stereocenters. The molecular formula is C18H31N5O2. The Labute approximate surface area is 150 Å². The minimum absolute atomic E-state index is 0.0134. The summed E-state index contributed by atoms with van der Waals surface area (Å²) in [5.41, 5.74) is 1.19. The van der Waals surface area contributed by atoms with Crippen molar-refractivity contribution in [2.45, 2.75) is 31.9 Å². The van der Waals surface area contributed by atoms with Crippen molar-refractivity contribution >= 4 is 11.9 Å². The number of amides is 1. The van der Waals surface area contributed by atoms with Crippen molar-refractivity contribution < 1.29 is 9.53 Å². The summed E-state index contributed by atoms with van der Waals surface area (Å²) in [6, 6.07) is 4.11. The molecule has 1 saturated heterocycles. The smallest absolute Gasteiger partial charge is 0.243 e. The van der Waals surface area contributed by atoms with Crippen LogP contribution in [0.25, 0.3) is 0 Å². The first-order valence-corrected chi connectivity index (χ1v) is 8.88. The first-order chi connectivity index (χ1) is 12.0. The number of aryl methyl sites for hydroxylation is 1. The van der Waals surface area contributed by atoms with Gasteiger partial charge in [0, 0.05) is 53.2 Å². The molecule has 7 nitrogen and oxygen atoms in total. The second-order valence-electron chi connectivity index (χ2n) is 6.76. The Kier molecular flexibility index (Phi) is 7.31. The zero-order valence-electron chi connectivity index (χ0n) is 15.9. The second-order valence-corrected chi connectivity index (χ2v) is 6.76. The molecule has 0 aliphatic carbocycles. The van der Waals surface area contributed by atoms with E-state index in [1.54, 1.807) is 19.0 Å². The molecule has 1 fully saturated rings. The van der Waals surface area contributed by atoms with Gasteiger partial charge in [-0.1, -0.05) is 0 Å². The van der Waals surface area contributed by atoms with Gasteiger partial charge in [0.25, 0.3) is 0 Å². The van der Waals surface area contributed by atoms with Crippen LogP contribution in [-0.4, -0.2) is 73.2 Å². The van der Waals surface area contributed by atoms with Gasteiger partial charge < -0.3 is 24.4 Å². The summed E-state index contributed by atoms with van der Waals surface area (Å²) in [4.78, 5) is 20.0. The van der Waals surface area contributed by atoms with Gasteiger partial charge in [-0.15, -0.1) is 0 Å². The molecule has 0 radical (unpaired) electrons. The van der Waals surface area contributed by atoms with E-state index in [1.165, 1.54) is 12.1 Å². The van der Waals surface area contributed by atoms with E-state index in [2.05, 4.69) is 20.9 Å². The fourth-order valence-electron chi connectivity index (χ4n) is 2.75. The molecule has 25 heavy (non-hydrogen) atoms. The molecule has 2 rings (SSSR count). The Hall–Kier alpha value is -2.02. The highest BCUT2D eigenvalue weighted by Crippen LogP contribution is 2.12. The van der Waals surface area contributed by atoms with Gasteiger partial charge in [-0.25, -0.2) is 4.99 Å². The van der Waals surface area contributed by atoms with Crippen molar-refractivity contribution in [2.24, 2.45) is 12.0 Å². The van der Waals surface area contributed by atoms with Crippen LogP contribution in [0.4, 0.5) is 0 Å². The van der Waals surface area contributed by atoms with Crippen LogP contribution >= 0.6 is 0 Å². The Morgan fingerprint density at radius 1 is 1.40 bits per heavy atom. The third-order valence-electron chi connectivity index (χ3n) is 4.44. The summed E-state index contributed by atoms with van der Waals surface area (Å²) in [5.74, 6) is 0.714. The molecule has 0 bridgehead atoms. The molecule has 1 N–H and O–H groups in total. The topological polar surface area (TPSA) is 62.1 Å². The van der Waals surface area contributed by atoms with Crippen molar-refractivity contribution in [3.63, 3.8) is 0 Å². The quantitative estimate of drug-likeness (QED) is 0.616. The number of guanidine groups is 1. The number of hydrogen-bond donors (Lipinski definition) is 1. The van der Waals surface area contributed by atoms with Crippen molar-refractivity contribution in [1.29, 1.82) is 0 Å². The minimum Gasteiger partial charge on any atom is -0.376 e. The normalized spacial score (nSPS) is 18.1. The number of rotatable bonds is 6. The number of carbonyl (C=O) groups is 1. The van der Waals surface area contributed by atoms with Gasteiger partial charge in [-0.3, -0.25) is 4.79 Å². The molecule has 1 aromatic rings. The van der Waals surface area contributed by atoms with Gasteiger partial charge in [0.15, 0.2) is 5.96 Å². The first-order valence-electron chi connectivity index (χ1n) is 8.88. The van der Waals surface area contributed by atoms with E-state index in [-0.39, 0.29) is 18.6 Å². The highest BCUT2D eigenvalue weighted by Gasteiger charge is 2.16. The van der Waals surface area contributed by atoms with Crippen molar-refractivity contribution in [3.05, 3.63) is 24.0 Å². The van der Waals surface area contributed by atoms with E-state index in [0.717, 1.165) is 32.0 Å². The van der Waals surface area contributed by atoms with Crippen LogP contribution in [0.5, 0.6) is 0 Å². The summed E-state index contributed by atoms with van der Waals surface area (Å²) < 4.78 is 7.87. The third kappa shape index (κ3) is 6.08. The zero-order valence-corrected chi connectivity index (χ0v) is 15.9. The number of aliphatic imine (C=N–C) groups is 1. The SMILES string of the molecule is CN(C)C(=O)CN=C(NCC1CCCCO1)N(C)Cc1cccn1C. The predicted octanol–water partition coefficient (Wildman–Crippen LogP) is 1.06. The summed E-state index contributed by atoms with van der Waals surface area (Å²) in [7, 11) is 7.50. The Balaban J connectivity index is 2.00. The van der Waals surface area contributed by atoms with Crippen LogP contribution in [0, 0.1) is 0 Å². The summed E-state index contributed by atoms with van der Waals surface area (Å²) in [5, 5.41) is 3.39. The van der Waals surface area contributed by atoms with Crippen LogP contribution in [0.1, 0.15) is 25.0 Å². The zero-order chi connectivity index (χ0) is 18.2. The number of likely N-dealkylation sites (N-methyl/N-ethyl adjacent to an activating group) is 1. The van der Waals surface area contributed by atoms with Gasteiger partial charge >= 0.3 is 0 Å². The Bertz CT molecular complexity index is 576. The monoisotopic (exact) mass is 349 g/mol. The number of hydrogen-bond acceptors (Lipinski definition) is 3. The molecule has 0 spiro atoms. The maximum atomic E-state index is 11.9.